The summed E-state index contributed by atoms with van der Waals surface area (Å²) in [5.41, 5.74) is -1.49. The van der Waals surface area contributed by atoms with Gasteiger partial charge in [0.05, 0.1) is 0 Å². The lowest BCUT2D eigenvalue weighted by Crippen LogP contribution is -2.48. The Hall–Kier alpha value is -1.31. The predicted molar refractivity (Wildman–Crippen MR) is 142 cm³/mol. The molecule has 0 aromatic heterocycles. The van der Waals surface area contributed by atoms with E-state index in [0.29, 0.717) is 11.8 Å². The quantitative estimate of drug-likeness (QED) is 0.248. The van der Waals surface area contributed by atoms with E-state index in [2.05, 4.69) is 11.8 Å². The van der Waals surface area contributed by atoms with Crippen LogP contribution in [-0.2, 0) is 14.3 Å². The molecule has 1 unspecified atom stereocenters. The summed E-state index contributed by atoms with van der Waals surface area (Å²) in [6, 6.07) is 0. The monoisotopic (exact) mass is 496 g/mol. The maximum absolute atomic E-state index is 12.2. The lowest BCUT2D eigenvalue weighted by molar-refractivity contribution is -0.121. The molecular formula is C32H48O4. The van der Waals surface area contributed by atoms with Crippen LogP contribution in [0.4, 0.5) is 0 Å². The Morgan fingerprint density at radius 2 is 1.17 bits per heavy atom. The Kier molecular flexibility index (Phi) is 8.79. The first-order chi connectivity index (χ1) is 17.7. The van der Waals surface area contributed by atoms with Gasteiger partial charge in [0.1, 0.15) is 23.2 Å². The average molecular weight is 497 g/mol. The van der Waals surface area contributed by atoms with E-state index in [4.69, 9.17) is 9.47 Å². The van der Waals surface area contributed by atoms with E-state index >= 15 is 0 Å². The number of aliphatic hydroxyl groups is 1. The number of hydrogen-bond acceptors (Lipinski definition) is 4. The van der Waals surface area contributed by atoms with Crippen LogP contribution in [0.2, 0.25) is 0 Å². The van der Waals surface area contributed by atoms with Crippen LogP contribution >= 0.6 is 0 Å². The molecule has 1 atom stereocenters. The smallest absolute Gasteiger partial charge is 0.265 e. The highest BCUT2D eigenvalue weighted by molar-refractivity contribution is 5.66. The van der Waals surface area contributed by atoms with Crippen molar-refractivity contribution in [3.05, 3.63) is 11.8 Å². The molecule has 0 aromatic carbocycles. The van der Waals surface area contributed by atoms with E-state index in [1.807, 2.05) is 0 Å². The molecule has 200 valence electrons. The second-order valence-corrected chi connectivity index (χ2v) is 12.5. The third-order valence-electron chi connectivity index (χ3n) is 10.4. The minimum atomic E-state index is -0.955. The standard InChI is InChI=1S/C32H48O4/c33-24-22-29-32(27-17-9-3-10-18-27,28-19-11-4-12-20-28)36-30(35-29)21-23-31(34,25-13-5-1-6-14-25)26-15-7-2-8-16-26/h22,24-28,30,34H,1-20H2/b29-22+. The number of ether oxygens (including phenoxy) is 2. The summed E-state index contributed by atoms with van der Waals surface area (Å²) in [5, 5.41) is 12.2. The molecule has 4 heteroatoms. The Balaban J connectivity index is 1.45. The van der Waals surface area contributed by atoms with Gasteiger partial charge in [-0.1, -0.05) is 83.0 Å². The zero-order chi connectivity index (χ0) is 24.8. The number of allylic oxidation sites excluding steroid dienone is 1. The van der Waals surface area contributed by atoms with E-state index in [-0.39, 0.29) is 11.8 Å². The van der Waals surface area contributed by atoms with Crippen molar-refractivity contribution in [2.45, 2.75) is 146 Å². The molecule has 1 saturated heterocycles. The third-order valence-corrected chi connectivity index (χ3v) is 10.4. The highest BCUT2D eigenvalue weighted by atomic mass is 16.7. The SMILES string of the molecule is O=C/C=C1/OC(C#CC(O)(C2CCCCC2)C2CCCCC2)OC1(C1CCCCC1)C1CCCCC1. The molecule has 5 aliphatic rings. The molecule has 0 bridgehead atoms. The molecule has 5 rings (SSSR count). The first-order valence-corrected chi connectivity index (χ1v) is 15.4. The summed E-state index contributed by atoms with van der Waals surface area (Å²) in [5.74, 6) is 8.72. The summed E-state index contributed by atoms with van der Waals surface area (Å²) >= 11 is 0. The summed E-state index contributed by atoms with van der Waals surface area (Å²) in [7, 11) is 0. The minimum Gasteiger partial charge on any atom is -0.455 e. The van der Waals surface area contributed by atoms with Crippen LogP contribution in [0.25, 0.3) is 0 Å². The normalized spacial score (nSPS) is 30.5. The fraction of sp³-hybridized carbons (Fsp3) is 0.844. The fourth-order valence-electron chi connectivity index (χ4n) is 8.55. The van der Waals surface area contributed by atoms with Crippen molar-refractivity contribution in [3.63, 3.8) is 0 Å². The van der Waals surface area contributed by atoms with Gasteiger partial charge in [0, 0.05) is 6.08 Å². The van der Waals surface area contributed by atoms with Gasteiger partial charge in [-0.15, -0.1) is 0 Å². The first kappa shape index (κ1) is 26.3. The number of aldehydes is 1. The number of carbonyl (C=O) groups excluding carboxylic acids is 1. The molecule has 0 amide bonds. The van der Waals surface area contributed by atoms with Gasteiger partial charge in [-0.2, -0.15) is 0 Å². The second-order valence-electron chi connectivity index (χ2n) is 12.5. The first-order valence-electron chi connectivity index (χ1n) is 15.4. The summed E-state index contributed by atoms with van der Waals surface area (Å²) < 4.78 is 13.3. The second kappa shape index (κ2) is 12.0. The Morgan fingerprint density at radius 3 is 1.61 bits per heavy atom. The zero-order valence-electron chi connectivity index (χ0n) is 22.4. The third kappa shape index (κ3) is 5.30. The Labute approximate surface area is 219 Å². The van der Waals surface area contributed by atoms with Gasteiger partial charge in [0.15, 0.2) is 0 Å². The number of rotatable bonds is 5. The van der Waals surface area contributed by atoms with Crippen molar-refractivity contribution in [2.75, 3.05) is 0 Å². The highest BCUT2D eigenvalue weighted by Gasteiger charge is 2.56. The van der Waals surface area contributed by atoms with E-state index < -0.39 is 17.5 Å². The lowest BCUT2D eigenvalue weighted by atomic mass is 9.65. The molecule has 1 aliphatic heterocycles. The van der Waals surface area contributed by atoms with Crippen LogP contribution in [-0.4, -0.2) is 28.9 Å². The molecule has 0 aromatic rings. The van der Waals surface area contributed by atoms with Gasteiger partial charge in [-0.25, -0.2) is 0 Å². The van der Waals surface area contributed by atoms with Crippen molar-refractivity contribution in [3.8, 4) is 11.8 Å². The van der Waals surface area contributed by atoms with Crippen molar-refractivity contribution in [1.82, 2.24) is 0 Å². The summed E-state index contributed by atoms with van der Waals surface area (Å²) in [6.45, 7) is 0. The highest BCUT2D eigenvalue weighted by Crippen LogP contribution is 2.53. The largest absolute Gasteiger partial charge is 0.455 e. The topological polar surface area (TPSA) is 55.8 Å². The van der Waals surface area contributed by atoms with Crippen LogP contribution in [0, 0.1) is 35.5 Å². The fourth-order valence-corrected chi connectivity index (χ4v) is 8.55. The molecule has 36 heavy (non-hydrogen) atoms. The Morgan fingerprint density at radius 1 is 0.722 bits per heavy atom. The van der Waals surface area contributed by atoms with Gasteiger partial charge in [-0.3, -0.25) is 4.79 Å². The van der Waals surface area contributed by atoms with Crippen molar-refractivity contribution >= 4 is 6.29 Å². The molecule has 4 aliphatic carbocycles. The van der Waals surface area contributed by atoms with E-state index in [1.54, 1.807) is 6.08 Å². The Bertz CT molecular complexity index is 775. The van der Waals surface area contributed by atoms with Crippen LogP contribution in [0.3, 0.4) is 0 Å². The molecule has 1 heterocycles. The molecule has 1 N–H and O–H groups in total. The molecule has 0 radical (unpaired) electrons. The van der Waals surface area contributed by atoms with Gasteiger partial charge in [0.2, 0.25) is 0 Å². The summed E-state index contributed by atoms with van der Waals surface area (Å²) in [6.07, 6.45) is 25.3. The lowest BCUT2D eigenvalue weighted by Gasteiger charge is -2.45. The van der Waals surface area contributed by atoms with Crippen LogP contribution < -0.4 is 0 Å². The van der Waals surface area contributed by atoms with Crippen LogP contribution in [0.15, 0.2) is 11.8 Å². The maximum Gasteiger partial charge on any atom is 0.265 e. The molecule has 4 saturated carbocycles. The average Bonchev–Trinajstić information content (AvgIpc) is 3.33. The maximum atomic E-state index is 12.2. The van der Waals surface area contributed by atoms with Gasteiger partial charge < -0.3 is 14.6 Å². The zero-order valence-corrected chi connectivity index (χ0v) is 22.4. The number of hydrogen-bond donors (Lipinski definition) is 1. The van der Waals surface area contributed by atoms with E-state index in [0.717, 1.165) is 63.4 Å². The van der Waals surface area contributed by atoms with Crippen molar-refractivity contribution in [2.24, 2.45) is 23.7 Å². The summed E-state index contributed by atoms with van der Waals surface area (Å²) in [4.78, 5) is 11.8. The van der Waals surface area contributed by atoms with Crippen molar-refractivity contribution < 1.29 is 19.4 Å². The van der Waals surface area contributed by atoms with Gasteiger partial charge in [-0.05, 0) is 81.0 Å². The van der Waals surface area contributed by atoms with E-state index in [1.165, 1.54) is 77.0 Å². The van der Waals surface area contributed by atoms with Crippen LogP contribution in [0.1, 0.15) is 128 Å². The van der Waals surface area contributed by atoms with Crippen LogP contribution in [0.5, 0.6) is 0 Å². The van der Waals surface area contributed by atoms with Gasteiger partial charge in [0.25, 0.3) is 6.29 Å². The molecular weight excluding hydrogens is 448 g/mol. The van der Waals surface area contributed by atoms with Crippen molar-refractivity contribution in [1.29, 1.82) is 0 Å². The minimum absolute atomic E-state index is 0.245. The van der Waals surface area contributed by atoms with E-state index in [9.17, 15) is 9.90 Å². The molecule has 0 spiro atoms. The predicted octanol–water partition coefficient (Wildman–Crippen LogP) is 7.24. The van der Waals surface area contributed by atoms with Gasteiger partial charge >= 0.3 is 0 Å². The molecule has 5 fully saturated rings. The molecule has 4 nitrogen and oxygen atoms in total. The number of carbonyl (C=O) groups is 1.